The van der Waals surface area contributed by atoms with Crippen LogP contribution in [0.3, 0.4) is 0 Å². The number of rotatable bonds is 4. The zero-order valence-electron chi connectivity index (χ0n) is 15.9. The molecule has 0 atom stereocenters. The van der Waals surface area contributed by atoms with E-state index in [0.717, 1.165) is 11.3 Å². The Labute approximate surface area is 169 Å². The molecule has 0 unspecified atom stereocenters. The van der Waals surface area contributed by atoms with Crippen LogP contribution in [-0.2, 0) is 10.0 Å². The van der Waals surface area contributed by atoms with Gasteiger partial charge in [-0.1, -0.05) is 36.4 Å². The zero-order chi connectivity index (χ0) is 20.4. The molecule has 8 heteroatoms. The maximum absolute atomic E-state index is 13.2. The van der Waals surface area contributed by atoms with Gasteiger partial charge in [0.2, 0.25) is 5.89 Å². The molecule has 29 heavy (non-hydrogen) atoms. The van der Waals surface area contributed by atoms with Crippen LogP contribution in [0.1, 0.15) is 11.3 Å². The number of oxazole rings is 1. The number of benzene rings is 2. The Morgan fingerprint density at radius 3 is 2.31 bits per heavy atom. The Balaban J connectivity index is 1.60. The van der Waals surface area contributed by atoms with E-state index in [1.54, 1.807) is 6.07 Å². The summed E-state index contributed by atoms with van der Waals surface area (Å²) in [5, 5.41) is 9.05. The van der Waals surface area contributed by atoms with Gasteiger partial charge in [-0.3, -0.25) is 0 Å². The number of anilines is 1. The van der Waals surface area contributed by atoms with E-state index < -0.39 is 10.0 Å². The van der Waals surface area contributed by atoms with Crippen LogP contribution in [0.2, 0.25) is 0 Å². The van der Waals surface area contributed by atoms with Gasteiger partial charge in [0.1, 0.15) is 6.07 Å². The number of aryl methyl sites for hydroxylation is 1. The van der Waals surface area contributed by atoms with Gasteiger partial charge in [-0.25, -0.2) is 8.42 Å². The van der Waals surface area contributed by atoms with Gasteiger partial charge in [0.25, 0.3) is 15.1 Å². The maximum atomic E-state index is 13.2. The molecule has 0 aliphatic carbocycles. The highest BCUT2D eigenvalue weighted by atomic mass is 32.2. The largest absolute Gasteiger partial charge is 0.422 e. The second-order valence-corrected chi connectivity index (χ2v) is 8.65. The number of hydrogen-bond donors (Lipinski definition) is 0. The summed E-state index contributed by atoms with van der Waals surface area (Å²) in [5.41, 5.74) is 2.40. The summed E-state index contributed by atoms with van der Waals surface area (Å²) in [7, 11) is -3.96. The number of para-hydroxylation sites is 1. The minimum Gasteiger partial charge on any atom is -0.422 e. The monoisotopic (exact) mass is 408 g/mol. The summed E-state index contributed by atoms with van der Waals surface area (Å²) in [6.07, 6.45) is 0. The quantitative estimate of drug-likeness (QED) is 0.659. The summed E-state index contributed by atoms with van der Waals surface area (Å²) < 4.78 is 33.3. The molecule has 0 N–H and O–H groups in total. The Kier molecular flexibility index (Phi) is 5.09. The fourth-order valence-electron chi connectivity index (χ4n) is 3.42. The predicted octanol–water partition coefficient (Wildman–Crippen LogP) is 3.03. The average molecular weight is 408 g/mol. The van der Waals surface area contributed by atoms with Crippen LogP contribution in [0.4, 0.5) is 5.69 Å². The van der Waals surface area contributed by atoms with Crippen molar-refractivity contribution in [3.8, 4) is 17.5 Å². The zero-order valence-corrected chi connectivity index (χ0v) is 16.8. The lowest BCUT2D eigenvalue weighted by atomic mass is 10.1. The third-order valence-electron chi connectivity index (χ3n) is 5.01. The van der Waals surface area contributed by atoms with E-state index in [0.29, 0.717) is 31.7 Å². The predicted molar refractivity (Wildman–Crippen MR) is 109 cm³/mol. The lowest BCUT2D eigenvalue weighted by Crippen LogP contribution is -2.48. The maximum Gasteiger partial charge on any atom is 0.279 e. The summed E-state index contributed by atoms with van der Waals surface area (Å²) in [5.74, 6) is 0.140. The second-order valence-electron chi connectivity index (χ2n) is 6.81. The normalized spacial score (nSPS) is 15.2. The van der Waals surface area contributed by atoms with Crippen molar-refractivity contribution in [1.29, 1.82) is 5.26 Å². The van der Waals surface area contributed by atoms with Crippen LogP contribution < -0.4 is 4.90 Å². The van der Waals surface area contributed by atoms with Crippen molar-refractivity contribution in [3.05, 3.63) is 65.9 Å². The van der Waals surface area contributed by atoms with E-state index in [-0.39, 0.29) is 16.7 Å². The number of aromatic nitrogens is 1. The standard InChI is InChI=1S/C21H20N4O3S/c1-16-7-5-6-10-18(16)20-23-19(15-22)21(28-20)29(26,27)25-13-11-24(12-14-25)17-8-3-2-4-9-17/h2-10H,11-14H2,1H3. The number of sulfonamides is 1. The van der Waals surface area contributed by atoms with Crippen LogP contribution in [0, 0.1) is 18.3 Å². The van der Waals surface area contributed by atoms with E-state index in [2.05, 4.69) is 9.88 Å². The molecule has 2 aromatic carbocycles. The second kappa shape index (κ2) is 7.70. The molecule has 0 saturated carbocycles. The lowest BCUT2D eigenvalue weighted by Gasteiger charge is -2.34. The highest BCUT2D eigenvalue weighted by Crippen LogP contribution is 2.29. The average Bonchev–Trinajstić information content (AvgIpc) is 3.20. The first-order valence-corrected chi connectivity index (χ1v) is 10.7. The molecule has 1 fully saturated rings. The number of nitrogens with zero attached hydrogens (tertiary/aromatic N) is 4. The highest BCUT2D eigenvalue weighted by molar-refractivity contribution is 7.89. The smallest absolute Gasteiger partial charge is 0.279 e. The Bertz CT molecular complexity index is 1160. The fraction of sp³-hybridized carbons (Fsp3) is 0.238. The van der Waals surface area contributed by atoms with E-state index in [1.165, 1.54) is 4.31 Å². The minimum atomic E-state index is -3.96. The molecule has 4 rings (SSSR count). The lowest BCUT2D eigenvalue weighted by molar-refractivity contribution is 0.363. The molecule has 2 heterocycles. The van der Waals surface area contributed by atoms with Crippen molar-refractivity contribution in [2.24, 2.45) is 0 Å². The molecule has 0 radical (unpaired) electrons. The van der Waals surface area contributed by atoms with Crippen LogP contribution in [-0.4, -0.2) is 43.9 Å². The highest BCUT2D eigenvalue weighted by Gasteiger charge is 2.35. The topological polar surface area (TPSA) is 90.4 Å². The van der Waals surface area contributed by atoms with Gasteiger partial charge < -0.3 is 9.32 Å². The molecule has 0 spiro atoms. The summed E-state index contributed by atoms with van der Waals surface area (Å²) in [4.78, 5) is 6.27. The SMILES string of the molecule is Cc1ccccc1-c1nc(C#N)c(S(=O)(=O)N2CCN(c3ccccc3)CC2)o1. The van der Waals surface area contributed by atoms with Crippen LogP contribution >= 0.6 is 0 Å². The molecule has 1 aromatic heterocycles. The van der Waals surface area contributed by atoms with Crippen LogP contribution in [0.15, 0.2) is 64.1 Å². The Morgan fingerprint density at radius 2 is 1.66 bits per heavy atom. The molecule has 0 bridgehead atoms. The third-order valence-corrected chi connectivity index (χ3v) is 6.80. The molecule has 1 saturated heterocycles. The first-order chi connectivity index (χ1) is 14.0. The molecular weight excluding hydrogens is 388 g/mol. The van der Waals surface area contributed by atoms with Crippen LogP contribution in [0.25, 0.3) is 11.5 Å². The van der Waals surface area contributed by atoms with E-state index >= 15 is 0 Å². The summed E-state index contributed by atoms with van der Waals surface area (Å²) in [6, 6.07) is 19.1. The summed E-state index contributed by atoms with van der Waals surface area (Å²) >= 11 is 0. The molecule has 1 aliphatic heterocycles. The Hall–Kier alpha value is -3.15. The number of piperazine rings is 1. The van der Waals surface area contributed by atoms with Gasteiger partial charge >= 0.3 is 0 Å². The molecule has 1 aliphatic rings. The number of nitriles is 1. The van der Waals surface area contributed by atoms with Gasteiger partial charge in [0, 0.05) is 37.4 Å². The van der Waals surface area contributed by atoms with Crippen molar-refractivity contribution in [3.63, 3.8) is 0 Å². The minimum absolute atomic E-state index is 0.140. The van der Waals surface area contributed by atoms with Gasteiger partial charge in [-0.2, -0.15) is 14.6 Å². The summed E-state index contributed by atoms with van der Waals surface area (Å²) in [6.45, 7) is 3.61. The van der Waals surface area contributed by atoms with Gasteiger partial charge in [0.15, 0.2) is 5.69 Å². The van der Waals surface area contributed by atoms with Crippen molar-refractivity contribution in [2.45, 2.75) is 12.0 Å². The molecule has 3 aromatic rings. The first kappa shape index (κ1) is 19.2. The van der Waals surface area contributed by atoms with E-state index in [9.17, 15) is 13.7 Å². The molecular formula is C21H20N4O3S. The fourth-order valence-corrected chi connectivity index (χ4v) is 4.82. The van der Waals surface area contributed by atoms with Crippen molar-refractivity contribution in [2.75, 3.05) is 31.1 Å². The van der Waals surface area contributed by atoms with Crippen molar-refractivity contribution >= 4 is 15.7 Å². The van der Waals surface area contributed by atoms with E-state index in [4.69, 9.17) is 4.42 Å². The van der Waals surface area contributed by atoms with Gasteiger partial charge in [-0.05, 0) is 30.7 Å². The molecule has 0 amide bonds. The molecule has 7 nitrogen and oxygen atoms in total. The third kappa shape index (κ3) is 3.62. The van der Waals surface area contributed by atoms with Gasteiger partial charge in [0.05, 0.1) is 0 Å². The van der Waals surface area contributed by atoms with Crippen LogP contribution in [0.5, 0.6) is 0 Å². The van der Waals surface area contributed by atoms with Crippen molar-refractivity contribution < 1.29 is 12.8 Å². The van der Waals surface area contributed by atoms with E-state index in [1.807, 2.05) is 61.5 Å². The number of hydrogen-bond acceptors (Lipinski definition) is 6. The Morgan fingerprint density at radius 1 is 1.00 bits per heavy atom. The first-order valence-electron chi connectivity index (χ1n) is 9.28. The molecule has 148 valence electrons. The van der Waals surface area contributed by atoms with Gasteiger partial charge in [-0.15, -0.1) is 0 Å². The van der Waals surface area contributed by atoms with Crippen molar-refractivity contribution in [1.82, 2.24) is 9.29 Å².